The lowest BCUT2D eigenvalue weighted by molar-refractivity contribution is 0.601. The van der Waals surface area contributed by atoms with Gasteiger partial charge in [-0.2, -0.15) is 5.26 Å². The van der Waals surface area contributed by atoms with Crippen LogP contribution in [-0.4, -0.2) is 18.4 Å². The van der Waals surface area contributed by atoms with Crippen LogP contribution in [0.3, 0.4) is 0 Å². The first-order valence-electron chi connectivity index (χ1n) is 7.41. The Kier molecular flexibility index (Phi) is 4.46. The maximum Gasteiger partial charge on any atom is 0.261 e. The highest BCUT2D eigenvalue weighted by Crippen LogP contribution is 2.21. The van der Waals surface area contributed by atoms with E-state index in [0.29, 0.717) is 17.1 Å². The second-order valence-electron chi connectivity index (χ2n) is 5.31. The van der Waals surface area contributed by atoms with Crippen LogP contribution in [0.15, 0.2) is 65.7 Å². The van der Waals surface area contributed by atoms with Gasteiger partial charge in [-0.25, -0.2) is 18.4 Å². The highest BCUT2D eigenvalue weighted by atomic mass is 32.2. The first kappa shape index (κ1) is 16.6. The van der Waals surface area contributed by atoms with Crippen molar-refractivity contribution < 1.29 is 8.42 Å². The summed E-state index contributed by atoms with van der Waals surface area (Å²) in [5.41, 5.74) is 2.49. The maximum absolute atomic E-state index is 12.4. The van der Waals surface area contributed by atoms with Gasteiger partial charge in [0.05, 0.1) is 22.2 Å². The molecule has 0 radical (unpaired) electrons. The van der Waals surface area contributed by atoms with Gasteiger partial charge in [-0.3, -0.25) is 4.72 Å². The van der Waals surface area contributed by atoms with E-state index in [9.17, 15) is 8.42 Å². The summed E-state index contributed by atoms with van der Waals surface area (Å²) in [6.07, 6.45) is 1.68. The van der Waals surface area contributed by atoms with Crippen molar-refractivity contribution in [1.82, 2.24) is 9.97 Å². The maximum atomic E-state index is 12.4. The molecule has 124 valence electrons. The van der Waals surface area contributed by atoms with Crippen molar-refractivity contribution in [2.24, 2.45) is 0 Å². The zero-order valence-electron chi connectivity index (χ0n) is 13.3. The molecular formula is C18H14N4O2S. The average Bonchev–Trinajstić information content (AvgIpc) is 2.62. The van der Waals surface area contributed by atoms with E-state index in [1.54, 1.807) is 36.5 Å². The van der Waals surface area contributed by atoms with Gasteiger partial charge in [0.2, 0.25) is 0 Å². The second-order valence-corrected chi connectivity index (χ2v) is 6.99. The Bertz CT molecular complexity index is 1040. The molecule has 0 saturated carbocycles. The molecule has 3 aromatic rings. The molecule has 0 saturated heterocycles. The van der Waals surface area contributed by atoms with Crippen molar-refractivity contribution in [2.45, 2.75) is 11.8 Å². The predicted octanol–water partition coefficient (Wildman–Crippen LogP) is 3.12. The van der Waals surface area contributed by atoms with Crippen LogP contribution >= 0.6 is 0 Å². The van der Waals surface area contributed by atoms with Crippen LogP contribution < -0.4 is 4.72 Å². The van der Waals surface area contributed by atoms with E-state index >= 15 is 0 Å². The summed E-state index contributed by atoms with van der Waals surface area (Å²) in [6, 6.07) is 16.4. The largest absolute Gasteiger partial charge is 0.280 e. The Labute approximate surface area is 145 Å². The monoisotopic (exact) mass is 350 g/mol. The third-order valence-electron chi connectivity index (χ3n) is 3.50. The highest BCUT2D eigenvalue weighted by molar-refractivity contribution is 7.92. The minimum absolute atomic E-state index is 0.0991. The van der Waals surface area contributed by atoms with Crippen molar-refractivity contribution in [1.29, 1.82) is 5.26 Å². The SMILES string of the molecule is Cc1nccc(-c2ccc(NS(=O)(=O)c3ccc(C#N)cc3)cc2)n1. The van der Waals surface area contributed by atoms with Crippen LogP contribution in [0, 0.1) is 18.3 Å². The van der Waals surface area contributed by atoms with Gasteiger partial charge in [0.25, 0.3) is 10.0 Å². The Morgan fingerprint density at radius 1 is 1.00 bits per heavy atom. The van der Waals surface area contributed by atoms with E-state index in [1.807, 2.05) is 13.0 Å². The molecule has 0 amide bonds. The first-order valence-corrected chi connectivity index (χ1v) is 8.89. The van der Waals surface area contributed by atoms with Crippen molar-refractivity contribution in [3.8, 4) is 17.3 Å². The molecule has 3 rings (SSSR count). The van der Waals surface area contributed by atoms with E-state index in [2.05, 4.69) is 14.7 Å². The van der Waals surface area contributed by atoms with Crippen molar-refractivity contribution >= 4 is 15.7 Å². The third kappa shape index (κ3) is 3.82. The van der Waals surface area contributed by atoms with Gasteiger partial charge in [0, 0.05) is 17.4 Å². The minimum atomic E-state index is -3.71. The molecule has 2 aromatic carbocycles. The van der Waals surface area contributed by atoms with E-state index in [0.717, 1.165) is 11.3 Å². The summed E-state index contributed by atoms with van der Waals surface area (Å²) in [6.45, 7) is 1.81. The summed E-state index contributed by atoms with van der Waals surface area (Å²) in [5, 5.41) is 8.78. The molecule has 1 aromatic heterocycles. The number of aromatic nitrogens is 2. The summed E-state index contributed by atoms with van der Waals surface area (Å²) >= 11 is 0. The number of anilines is 1. The molecule has 0 aliphatic carbocycles. The molecule has 0 spiro atoms. The number of hydrogen-bond donors (Lipinski definition) is 1. The van der Waals surface area contributed by atoms with Gasteiger partial charge in [-0.15, -0.1) is 0 Å². The standard InChI is InChI=1S/C18H14N4O2S/c1-13-20-11-10-18(21-13)15-4-6-16(7-5-15)22-25(23,24)17-8-2-14(12-19)3-9-17/h2-11,22H,1H3. The molecule has 0 bridgehead atoms. The van der Waals surface area contributed by atoms with Crippen molar-refractivity contribution in [3.05, 3.63) is 72.2 Å². The predicted molar refractivity (Wildman–Crippen MR) is 94.2 cm³/mol. The van der Waals surface area contributed by atoms with Crippen LogP contribution in [0.4, 0.5) is 5.69 Å². The Morgan fingerprint density at radius 2 is 1.68 bits per heavy atom. The fourth-order valence-corrected chi connectivity index (χ4v) is 3.31. The first-order chi connectivity index (χ1) is 12.0. The molecule has 0 fully saturated rings. The average molecular weight is 350 g/mol. The van der Waals surface area contributed by atoms with Crippen LogP contribution in [0.25, 0.3) is 11.3 Å². The lowest BCUT2D eigenvalue weighted by atomic mass is 10.1. The van der Waals surface area contributed by atoms with E-state index in [1.165, 1.54) is 24.3 Å². The molecule has 1 N–H and O–H groups in total. The topological polar surface area (TPSA) is 95.7 Å². The summed E-state index contributed by atoms with van der Waals surface area (Å²) in [5.74, 6) is 0.670. The van der Waals surface area contributed by atoms with Gasteiger partial charge >= 0.3 is 0 Å². The number of nitriles is 1. The number of benzene rings is 2. The fraction of sp³-hybridized carbons (Fsp3) is 0.0556. The number of aryl methyl sites for hydroxylation is 1. The second kappa shape index (κ2) is 6.71. The van der Waals surface area contributed by atoms with Crippen LogP contribution in [0.2, 0.25) is 0 Å². The fourth-order valence-electron chi connectivity index (χ4n) is 2.25. The highest BCUT2D eigenvalue weighted by Gasteiger charge is 2.14. The summed E-state index contributed by atoms with van der Waals surface area (Å²) < 4.78 is 27.3. The molecular weight excluding hydrogens is 336 g/mol. The number of hydrogen-bond acceptors (Lipinski definition) is 5. The van der Waals surface area contributed by atoms with Crippen molar-refractivity contribution in [2.75, 3.05) is 4.72 Å². The molecule has 25 heavy (non-hydrogen) atoms. The number of nitrogens with zero attached hydrogens (tertiary/aromatic N) is 3. The van der Waals surface area contributed by atoms with Gasteiger partial charge in [-0.05, 0) is 49.4 Å². The molecule has 0 unspecified atom stereocenters. The molecule has 0 atom stereocenters. The lowest BCUT2D eigenvalue weighted by Gasteiger charge is -2.09. The lowest BCUT2D eigenvalue weighted by Crippen LogP contribution is -2.12. The smallest absolute Gasteiger partial charge is 0.261 e. The molecule has 0 aliphatic rings. The van der Waals surface area contributed by atoms with E-state index < -0.39 is 10.0 Å². The normalized spacial score (nSPS) is 10.9. The molecule has 1 heterocycles. The van der Waals surface area contributed by atoms with Gasteiger partial charge in [0.1, 0.15) is 5.82 Å². The Balaban J connectivity index is 1.81. The van der Waals surface area contributed by atoms with Crippen molar-refractivity contribution in [3.63, 3.8) is 0 Å². The molecule has 6 nitrogen and oxygen atoms in total. The third-order valence-corrected chi connectivity index (χ3v) is 4.90. The number of nitrogens with one attached hydrogen (secondary N) is 1. The van der Waals surface area contributed by atoms with Crippen LogP contribution in [-0.2, 0) is 10.0 Å². The summed E-state index contributed by atoms with van der Waals surface area (Å²) in [4.78, 5) is 8.49. The van der Waals surface area contributed by atoms with Gasteiger partial charge in [-0.1, -0.05) is 12.1 Å². The number of sulfonamides is 1. The minimum Gasteiger partial charge on any atom is -0.280 e. The van der Waals surface area contributed by atoms with E-state index in [-0.39, 0.29) is 4.90 Å². The summed E-state index contributed by atoms with van der Waals surface area (Å²) in [7, 11) is -3.71. The molecule has 0 aliphatic heterocycles. The Morgan fingerprint density at radius 3 is 2.28 bits per heavy atom. The van der Waals surface area contributed by atoms with Gasteiger partial charge < -0.3 is 0 Å². The zero-order valence-corrected chi connectivity index (χ0v) is 14.2. The van der Waals surface area contributed by atoms with Gasteiger partial charge in [0.15, 0.2) is 0 Å². The Hall–Kier alpha value is -3.24. The number of rotatable bonds is 4. The van der Waals surface area contributed by atoms with E-state index in [4.69, 9.17) is 5.26 Å². The quantitative estimate of drug-likeness (QED) is 0.780. The molecule has 7 heteroatoms. The zero-order chi connectivity index (χ0) is 17.9. The van der Waals surface area contributed by atoms with Crippen LogP contribution in [0.1, 0.15) is 11.4 Å². The van der Waals surface area contributed by atoms with Crippen LogP contribution in [0.5, 0.6) is 0 Å².